The molecule has 0 saturated carbocycles. The van der Waals surface area contributed by atoms with Crippen LogP contribution in [0.25, 0.3) is 0 Å². The highest BCUT2D eigenvalue weighted by Gasteiger charge is 2.20. The van der Waals surface area contributed by atoms with Gasteiger partial charge in [0.05, 0.1) is 28.7 Å². The van der Waals surface area contributed by atoms with Gasteiger partial charge >= 0.3 is 11.7 Å². The Morgan fingerprint density at radius 3 is 2.12 bits per heavy atom. The quantitative estimate of drug-likeness (QED) is 0.0949. The van der Waals surface area contributed by atoms with Crippen molar-refractivity contribution >= 4 is 11.7 Å². The molecule has 0 heterocycles. The van der Waals surface area contributed by atoms with E-state index in [0.717, 1.165) is 18.9 Å². The summed E-state index contributed by atoms with van der Waals surface area (Å²) in [5.74, 6) is -0.263. The number of ether oxygens (including phenoxy) is 2. The maximum Gasteiger partial charge on any atom is 0.343 e. The Kier molecular flexibility index (Phi) is 11.5. The summed E-state index contributed by atoms with van der Waals surface area (Å²) in [5.41, 5.74) is -0.0656. The Morgan fingerprint density at radius 2 is 1.55 bits per heavy atom. The summed E-state index contributed by atoms with van der Waals surface area (Å²) in [6.45, 7) is 2.86. The maximum absolute atomic E-state index is 12.4. The van der Waals surface area contributed by atoms with E-state index in [1.165, 1.54) is 63.5 Å². The van der Waals surface area contributed by atoms with Crippen molar-refractivity contribution in [2.45, 2.75) is 71.1 Å². The van der Waals surface area contributed by atoms with Crippen LogP contribution in [0.5, 0.6) is 11.5 Å². The standard InChI is InChI=1S/C26H32N2O5/c1-2-3-4-5-6-7-8-9-10-11-18-32-23-15-13-22(14-16-23)26(29)33-25-17-12-21(20-27)19-24(25)28(30)31/h12-17,19H,2-11,18H2,1H3. The van der Waals surface area contributed by atoms with Crippen LogP contribution in [0, 0.1) is 21.4 Å². The molecular formula is C26H32N2O5. The van der Waals surface area contributed by atoms with Crippen molar-refractivity contribution in [3.63, 3.8) is 0 Å². The Labute approximate surface area is 195 Å². The molecule has 0 aliphatic carbocycles. The van der Waals surface area contributed by atoms with Crippen molar-refractivity contribution in [1.82, 2.24) is 0 Å². The minimum absolute atomic E-state index is 0.116. The zero-order valence-electron chi connectivity index (χ0n) is 19.3. The maximum atomic E-state index is 12.4. The van der Waals surface area contributed by atoms with Crippen LogP contribution < -0.4 is 9.47 Å². The third-order valence-electron chi connectivity index (χ3n) is 5.34. The normalized spacial score (nSPS) is 10.4. The summed E-state index contributed by atoms with van der Waals surface area (Å²) in [6, 6.07) is 12.0. The first-order chi connectivity index (χ1) is 16.0. The van der Waals surface area contributed by atoms with E-state index in [4.69, 9.17) is 14.7 Å². The van der Waals surface area contributed by atoms with Crippen LogP contribution in [0.2, 0.25) is 0 Å². The summed E-state index contributed by atoms with van der Waals surface area (Å²) in [5, 5.41) is 20.1. The van der Waals surface area contributed by atoms with Crippen molar-refractivity contribution in [3.05, 3.63) is 63.7 Å². The Balaban J connectivity index is 1.71. The average Bonchev–Trinajstić information content (AvgIpc) is 2.83. The van der Waals surface area contributed by atoms with E-state index in [1.807, 2.05) is 6.07 Å². The van der Waals surface area contributed by atoms with Crippen molar-refractivity contribution < 1.29 is 19.2 Å². The molecule has 7 heteroatoms. The molecule has 0 radical (unpaired) electrons. The zero-order chi connectivity index (χ0) is 23.9. The summed E-state index contributed by atoms with van der Waals surface area (Å²) in [4.78, 5) is 22.9. The molecular weight excluding hydrogens is 420 g/mol. The van der Waals surface area contributed by atoms with Crippen molar-refractivity contribution in [2.24, 2.45) is 0 Å². The molecule has 0 amide bonds. The summed E-state index contributed by atoms with van der Waals surface area (Å²) < 4.78 is 10.9. The topological polar surface area (TPSA) is 102 Å². The monoisotopic (exact) mass is 452 g/mol. The van der Waals surface area contributed by atoms with Gasteiger partial charge in [0.1, 0.15) is 5.75 Å². The third-order valence-corrected chi connectivity index (χ3v) is 5.34. The second kappa shape index (κ2) is 14.6. The molecule has 176 valence electrons. The number of hydrogen-bond acceptors (Lipinski definition) is 6. The molecule has 0 aromatic heterocycles. The fourth-order valence-electron chi connectivity index (χ4n) is 3.44. The predicted octanol–water partition coefficient (Wildman–Crippen LogP) is 6.99. The Morgan fingerprint density at radius 1 is 0.939 bits per heavy atom. The molecule has 7 nitrogen and oxygen atoms in total. The van der Waals surface area contributed by atoms with Crippen LogP contribution >= 0.6 is 0 Å². The largest absolute Gasteiger partial charge is 0.494 e. The first-order valence-electron chi connectivity index (χ1n) is 11.7. The number of rotatable bonds is 15. The lowest BCUT2D eigenvalue weighted by molar-refractivity contribution is -0.385. The smallest absolute Gasteiger partial charge is 0.343 e. The van der Waals surface area contributed by atoms with Crippen molar-refractivity contribution in [1.29, 1.82) is 5.26 Å². The van der Waals surface area contributed by atoms with Gasteiger partial charge in [-0.2, -0.15) is 5.26 Å². The highest BCUT2D eigenvalue weighted by atomic mass is 16.6. The molecule has 0 saturated heterocycles. The second-order valence-electron chi connectivity index (χ2n) is 8.00. The van der Waals surface area contributed by atoms with Crippen LogP contribution in [-0.4, -0.2) is 17.5 Å². The molecule has 2 aromatic rings. The summed E-state index contributed by atoms with van der Waals surface area (Å²) in [6.07, 6.45) is 12.6. The Hall–Kier alpha value is -3.40. The lowest BCUT2D eigenvalue weighted by Crippen LogP contribution is -2.10. The number of hydrogen-bond donors (Lipinski definition) is 0. The number of nitro groups is 1. The number of unbranched alkanes of at least 4 members (excludes halogenated alkanes) is 9. The first kappa shape index (κ1) is 25.9. The first-order valence-corrected chi connectivity index (χ1v) is 11.7. The van der Waals surface area contributed by atoms with Crippen molar-refractivity contribution in [3.8, 4) is 17.6 Å². The van der Waals surface area contributed by atoms with E-state index in [9.17, 15) is 14.9 Å². The number of carbonyl (C=O) groups excluding carboxylic acids is 1. The van der Waals surface area contributed by atoms with E-state index in [2.05, 4.69) is 6.92 Å². The molecule has 0 fully saturated rings. The summed E-state index contributed by atoms with van der Waals surface area (Å²) >= 11 is 0. The summed E-state index contributed by atoms with van der Waals surface area (Å²) in [7, 11) is 0. The number of carbonyl (C=O) groups is 1. The number of esters is 1. The van der Waals surface area contributed by atoms with Crippen LogP contribution in [0.4, 0.5) is 5.69 Å². The molecule has 0 atom stereocenters. The van der Waals surface area contributed by atoms with Gasteiger partial charge in [-0.25, -0.2) is 4.79 Å². The molecule has 0 aliphatic heterocycles. The van der Waals surface area contributed by atoms with E-state index in [1.54, 1.807) is 24.3 Å². The van der Waals surface area contributed by atoms with Crippen LogP contribution in [0.3, 0.4) is 0 Å². The van der Waals surface area contributed by atoms with E-state index >= 15 is 0 Å². The lowest BCUT2D eigenvalue weighted by Gasteiger charge is -2.08. The van der Waals surface area contributed by atoms with Gasteiger partial charge < -0.3 is 9.47 Å². The predicted molar refractivity (Wildman–Crippen MR) is 127 cm³/mol. The minimum Gasteiger partial charge on any atom is -0.494 e. The number of nitrogens with zero attached hydrogens (tertiary/aromatic N) is 2. The van der Waals surface area contributed by atoms with E-state index < -0.39 is 16.6 Å². The van der Waals surface area contributed by atoms with Crippen LogP contribution in [0.15, 0.2) is 42.5 Å². The van der Waals surface area contributed by atoms with E-state index in [-0.39, 0.29) is 16.9 Å². The zero-order valence-corrected chi connectivity index (χ0v) is 19.3. The number of nitriles is 1. The van der Waals surface area contributed by atoms with Gasteiger partial charge in [-0.1, -0.05) is 64.7 Å². The fourth-order valence-corrected chi connectivity index (χ4v) is 3.44. The lowest BCUT2D eigenvalue weighted by atomic mass is 10.1. The van der Waals surface area contributed by atoms with Gasteiger partial charge in [-0.05, 0) is 42.8 Å². The number of nitro benzene ring substituents is 1. The molecule has 2 rings (SSSR count). The van der Waals surface area contributed by atoms with Gasteiger partial charge in [0.15, 0.2) is 0 Å². The van der Waals surface area contributed by atoms with Gasteiger partial charge in [0.2, 0.25) is 5.75 Å². The number of benzene rings is 2. The van der Waals surface area contributed by atoms with E-state index in [0.29, 0.717) is 12.4 Å². The second-order valence-corrected chi connectivity index (χ2v) is 8.00. The molecule has 0 aliphatic rings. The van der Waals surface area contributed by atoms with Gasteiger partial charge in [0, 0.05) is 6.07 Å². The molecule has 33 heavy (non-hydrogen) atoms. The molecule has 0 bridgehead atoms. The molecule has 0 N–H and O–H groups in total. The third kappa shape index (κ3) is 9.32. The Bertz CT molecular complexity index is 935. The molecule has 0 spiro atoms. The van der Waals surface area contributed by atoms with Crippen molar-refractivity contribution in [2.75, 3.05) is 6.61 Å². The highest BCUT2D eigenvalue weighted by molar-refractivity contribution is 5.91. The average molecular weight is 453 g/mol. The van der Waals surface area contributed by atoms with Gasteiger partial charge in [0.25, 0.3) is 0 Å². The molecule has 2 aromatic carbocycles. The van der Waals surface area contributed by atoms with Gasteiger partial charge in [-0.15, -0.1) is 0 Å². The SMILES string of the molecule is CCCCCCCCCCCCOc1ccc(C(=O)Oc2ccc(C#N)cc2[N+](=O)[O-])cc1. The minimum atomic E-state index is -0.718. The van der Waals surface area contributed by atoms with Gasteiger partial charge in [-0.3, -0.25) is 10.1 Å². The highest BCUT2D eigenvalue weighted by Crippen LogP contribution is 2.28. The van der Waals surface area contributed by atoms with Crippen LogP contribution in [0.1, 0.15) is 87.1 Å². The fraction of sp³-hybridized carbons (Fsp3) is 0.462. The molecule has 0 unspecified atom stereocenters. The van der Waals surface area contributed by atoms with Crippen LogP contribution in [-0.2, 0) is 0 Å².